The first-order valence-corrected chi connectivity index (χ1v) is 8.13. The number of hydrogen-bond donors (Lipinski definition) is 2. The standard InChI is InChI=1S/C13H25N3O2S/c1-3-5-13(6-4-2,11(14)15-18)12(17)16-7-9-19-10-8-16/h18H,3-10H2,1-2H3,(H2,14,15). The fourth-order valence-corrected chi connectivity index (χ4v) is 3.63. The van der Waals surface area contributed by atoms with Crippen LogP contribution in [-0.2, 0) is 4.79 Å². The smallest absolute Gasteiger partial charge is 0.236 e. The van der Waals surface area contributed by atoms with Gasteiger partial charge in [-0.05, 0) is 12.8 Å². The first-order chi connectivity index (χ1) is 9.12. The highest BCUT2D eigenvalue weighted by Gasteiger charge is 2.44. The monoisotopic (exact) mass is 287 g/mol. The van der Waals surface area contributed by atoms with Crippen LogP contribution in [-0.4, -0.2) is 46.4 Å². The van der Waals surface area contributed by atoms with E-state index >= 15 is 0 Å². The number of hydrogen-bond acceptors (Lipinski definition) is 4. The van der Waals surface area contributed by atoms with Crippen molar-refractivity contribution in [3.63, 3.8) is 0 Å². The van der Waals surface area contributed by atoms with Crippen molar-refractivity contribution in [1.29, 1.82) is 0 Å². The van der Waals surface area contributed by atoms with E-state index in [0.717, 1.165) is 37.4 Å². The molecular weight excluding hydrogens is 262 g/mol. The van der Waals surface area contributed by atoms with E-state index in [1.54, 1.807) is 0 Å². The number of nitrogens with two attached hydrogens (primary N) is 1. The number of thioether (sulfide) groups is 1. The number of nitrogens with zero attached hydrogens (tertiary/aromatic N) is 2. The van der Waals surface area contributed by atoms with E-state index in [-0.39, 0.29) is 11.7 Å². The number of amidine groups is 1. The molecule has 0 unspecified atom stereocenters. The van der Waals surface area contributed by atoms with Gasteiger partial charge >= 0.3 is 0 Å². The highest BCUT2D eigenvalue weighted by Crippen LogP contribution is 2.33. The molecule has 0 aromatic heterocycles. The predicted molar refractivity (Wildman–Crippen MR) is 79.6 cm³/mol. The zero-order valence-corrected chi connectivity index (χ0v) is 12.7. The number of carbonyl (C=O) groups excluding carboxylic acids is 1. The summed E-state index contributed by atoms with van der Waals surface area (Å²) in [5.74, 6) is 2.04. The molecule has 0 bridgehead atoms. The normalized spacial score (nSPS) is 17.6. The van der Waals surface area contributed by atoms with Crippen LogP contribution in [0.4, 0.5) is 0 Å². The molecule has 0 spiro atoms. The molecule has 1 saturated heterocycles. The molecule has 1 aliphatic rings. The second-order valence-electron chi connectivity index (χ2n) is 4.97. The van der Waals surface area contributed by atoms with Gasteiger partial charge in [0.2, 0.25) is 5.91 Å². The SMILES string of the molecule is CCCC(CCC)(C(=O)N1CCSCC1)C(N)=NO. The Hall–Kier alpha value is -0.910. The van der Waals surface area contributed by atoms with E-state index in [9.17, 15) is 4.79 Å². The second-order valence-corrected chi connectivity index (χ2v) is 6.20. The summed E-state index contributed by atoms with van der Waals surface area (Å²) < 4.78 is 0. The Morgan fingerprint density at radius 3 is 2.26 bits per heavy atom. The average molecular weight is 287 g/mol. The van der Waals surface area contributed by atoms with Crippen molar-refractivity contribution in [2.45, 2.75) is 39.5 Å². The molecule has 5 nitrogen and oxygen atoms in total. The summed E-state index contributed by atoms with van der Waals surface area (Å²) in [6.07, 6.45) is 2.95. The van der Waals surface area contributed by atoms with E-state index in [1.165, 1.54) is 0 Å². The van der Waals surface area contributed by atoms with Gasteiger partial charge in [-0.15, -0.1) is 0 Å². The summed E-state index contributed by atoms with van der Waals surface area (Å²) in [6, 6.07) is 0. The van der Waals surface area contributed by atoms with Gasteiger partial charge in [0.1, 0.15) is 5.41 Å². The topological polar surface area (TPSA) is 78.9 Å². The van der Waals surface area contributed by atoms with Gasteiger partial charge in [-0.3, -0.25) is 4.79 Å². The lowest BCUT2D eigenvalue weighted by molar-refractivity contribution is -0.138. The molecule has 1 heterocycles. The zero-order valence-electron chi connectivity index (χ0n) is 11.9. The molecule has 0 aliphatic carbocycles. The summed E-state index contributed by atoms with van der Waals surface area (Å²) in [5, 5.41) is 12.2. The third-order valence-electron chi connectivity index (χ3n) is 3.66. The number of amides is 1. The maximum Gasteiger partial charge on any atom is 0.236 e. The molecule has 6 heteroatoms. The number of oxime groups is 1. The summed E-state index contributed by atoms with van der Waals surface area (Å²) in [4.78, 5) is 14.7. The van der Waals surface area contributed by atoms with Crippen LogP contribution in [0.1, 0.15) is 39.5 Å². The van der Waals surface area contributed by atoms with Gasteiger partial charge in [-0.2, -0.15) is 11.8 Å². The van der Waals surface area contributed by atoms with Gasteiger partial charge in [0, 0.05) is 24.6 Å². The highest BCUT2D eigenvalue weighted by atomic mass is 32.2. The van der Waals surface area contributed by atoms with Crippen molar-refractivity contribution in [3.05, 3.63) is 0 Å². The molecule has 0 aromatic carbocycles. The van der Waals surface area contributed by atoms with E-state index in [1.807, 2.05) is 30.5 Å². The van der Waals surface area contributed by atoms with Crippen LogP contribution in [0.2, 0.25) is 0 Å². The van der Waals surface area contributed by atoms with Crippen LogP contribution in [0.3, 0.4) is 0 Å². The lowest BCUT2D eigenvalue weighted by Crippen LogP contribution is -2.53. The molecule has 0 aromatic rings. The quantitative estimate of drug-likeness (QED) is 0.338. The maximum atomic E-state index is 12.8. The molecular formula is C13H25N3O2S. The van der Waals surface area contributed by atoms with Gasteiger partial charge in [0.05, 0.1) is 0 Å². The molecule has 0 radical (unpaired) electrons. The molecule has 1 rings (SSSR count). The number of carbonyl (C=O) groups is 1. The molecule has 0 atom stereocenters. The Morgan fingerprint density at radius 1 is 1.32 bits per heavy atom. The minimum Gasteiger partial charge on any atom is -0.409 e. The predicted octanol–water partition coefficient (Wildman–Crippen LogP) is 1.89. The summed E-state index contributed by atoms with van der Waals surface area (Å²) in [7, 11) is 0. The van der Waals surface area contributed by atoms with Crippen LogP contribution in [0, 0.1) is 5.41 Å². The molecule has 3 N–H and O–H groups in total. The fourth-order valence-electron chi connectivity index (χ4n) is 2.72. The van der Waals surface area contributed by atoms with Crippen LogP contribution < -0.4 is 5.73 Å². The summed E-state index contributed by atoms with van der Waals surface area (Å²) in [6.45, 7) is 5.57. The largest absolute Gasteiger partial charge is 0.409 e. The van der Waals surface area contributed by atoms with Crippen molar-refractivity contribution in [2.75, 3.05) is 24.6 Å². The minimum absolute atomic E-state index is 0.0341. The molecule has 110 valence electrons. The van der Waals surface area contributed by atoms with Crippen molar-refractivity contribution < 1.29 is 10.0 Å². The average Bonchev–Trinajstić information content (AvgIpc) is 2.46. The third-order valence-corrected chi connectivity index (χ3v) is 4.60. The van der Waals surface area contributed by atoms with Crippen LogP contribution in [0.25, 0.3) is 0 Å². The van der Waals surface area contributed by atoms with E-state index in [2.05, 4.69) is 5.16 Å². The minimum atomic E-state index is -0.819. The van der Waals surface area contributed by atoms with Crippen LogP contribution in [0.15, 0.2) is 5.16 Å². The second kappa shape index (κ2) is 7.62. The number of rotatable bonds is 6. The van der Waals surface area contributed by atoms with Gasteiger partial charge in [-0.25, -0.2) is 0 Å². The Bertz CT molecular complexity index is 322. The Labute approximate surface area is 119 Å². The van der Waals surface area contributed by atoms with Crippen LogP contribution in [0.5, 0.6) is 0 Å². The van der Waals surface area contributed by atoms with Crippen molar-refractivity contribution in [3.8, 4) is 0 Å². The van der Waals surface area contributed by atoms with Crippen molar-refractivity contribution >= 4 is 23.5 Å². The maximum absolute atomic E-state index is 12.8. The summed E-state index contributed by atoms with van der Waals surface area (Å²) >= 11 is 1.86. The third kappa shape index (κ3) is 3.55. The Kier molecular flexibility index (Phi) is 6.48. The Morgan fingerprint density at radius 2 is 1.84 bits per heavy atom. The van der Waals surface area contributed by atoms with Crippen LogP contribution >= 0.6 is 11.8 Å². The van der Waals surface area contributed by atoms with Crippen molar-refractivity contribution in [1.82, 2.24) is 4.90 Å². The molecule has 1 aliphatic heterocycles. The summed E-state index contributed by atoms with van der Waals surface area (Å²) in [5.41, 5.74) is 5.06. The van der Waals surface area contributed by atoms with Gasteiger partial charge in [0.25, 0.3) is 0 Å². The van der Waals surface area contributed by atoms with E-state index in [4.69, 9.17) is 10.9 Å². The molecule has 1 fully saturated rings. The van der Waals surface area contributed by atoms with E-state index < -0.39 is 5.41 Å². The molecule has 19 heavy (non-hydrogen) atoms. The highest BCUT2D eigenvalue weighted by molar-refractivity contribution is 7.99. The van der Waals surface area contributed by atoms with Crippen molar-refractivity contribution in [2.24, 2.45) is 16.3 Å². The fraction of sp³-hybridized carbons (Fsp3) is 0.846. The lowest BCUT2D eigenvalue weighted by atomic mass is 9.76. The zero-order chi connectivity index (χ0) is 14.3. The first-order valence-electron chi connectivity index (χ1n) is 6.97. The van der Waals surface area contributed by atoms with E-state index in [0.29, 0.717) is 12.8 Å². The molecule has 1 amide bonds. The Balaban J connectivity index is 3.01. The first kappa shape index (κ1) is 16.1. The van der Waals surface area contributed by atoms with Gasteiger partial charge in [-0.1, -0.05) is 31.8 Å². The molecule has 0 saturated carbocycles. The van der Waals surface area contributed by atoms with Gasteiger partial charge in [0.15, 0.2) is 5.84 Å². The van der Waals surface area contributed by atoms with Gasteiger partial charge < -0.3 is 15.8 Å². The lowest BCUT2D eigenvalue weighted by Gasteiger charge is -2.37.